The minimum atomic E-state index is -4.51. The molecule has 1 aliphatic heterocycles. The third kappa shape index (κ3) is 5.59. The third-order valence-corrected chi connectivity index (χ3v) is 4.49. The highest BCUT2D eigenvalue weighted by Crippen LogP contribution is 2.36. The molecule has 0 aliphatic carbocycles. The van der Waals surface area contributed by atoms with E-state index < -0.39 is 29.6 Å². The molecule has 1 saturated heterocycles. The number of carbonyl (C=O) groups excluding carboxylic acids is 2. The first kappa shape index (κ1) is 21.0. The van der Waals surface area contributed by atoms with Gasteiger partial charge in [0.15, 0.2) is 0 Å². The number of nitrogens with zero attached hydrogens (tertiary/aromatic N) is 1. The number of amides is 2. The molecule has 2 rings (SSSR count). The van der Waals surface area contributed by atoms with Crippen molar-refractivity contribution in [1.82, 2.24) is 5.32 Å². The second-order valence-electron chi connectivity index (χ2n) is 6.96. The van der Waals surface area contributed by atoms with Gasteiger partial charge in [-0.2, -0.15) is 13.2 Å². The van der Waals surface area contributed by atoms with Gasteiger partial charge in [-0.25, -0.2) is 0 Å². The van der Waals surface area contributed by atoms with Crippen LogP contribution in [0.1, 0.15) is 32.3 Å². The van der Waals surface area contributed by atoms with E-state index in [1.165, 1.54) is 6.07 Å². The zero-order valence-electron chi connectivity index (χ0n) is 15.4. The lowest BCUT2D eigenvalue weighted by atomic mass is 10.1. The monoisotopic (exact) mass is 386 g/mol. The fourth-order valence-corrected chi connectivity index (χ4v) is 2.83. The summed E-state index contributed by atoms with van der Waals surface area (Å²) in [5.74, 6) is -1.19. The van der Waals surface area contributed by atoms with Crippen LogP contribution in [0.3, 0.4) is 0 Å². The zero-order chi connectivity index (χ0) is 20.2. The summed E-state index contributed by atoms with van der Waals surface area (Å²) >= 11 is 0. The van der Waals surface area contributed by atoms with Gasteiger partial charge in [-0.15, -0.1) is 0 Å². The smallest absolute Gasteiger partial charge is 0.370 e. The van der Waals surface area contributed by atoms with Crippen LogP contribution >= 0.6 is 0 Å². The van der Waals surface area contributed by atoms with Gasteiger partial charge in [0.25, 0.3) is 0 Å². The molecule has 0 spiro atoms. The number of alkyl halides is 3. The van der Waals surface area contributed by atoms with Crippen molar-refractivity contribution in [2.75, 3.05) is 29.9 Å². The molecule has 0 aromatic heterocycles. The highest BCUT2D eigenvalue weighted by molar-refractivity contribution is 5.98. The van der Waals surface area contributed by atoms with Gasteiger partial charge in [0.1, 0.15) is 0 Å². The molecule has 9 heteroatoms. The Balaban J connectivity index is 2.12. The van der Waals surface area contributed by atoms with Gasteiger partial charge in [0, 0.05) is 13.1 Å². The number of carbonyl (C=O) groups is 2. The second kappa shape index (κ2) is 8.60. The van der Waals surface area contributed by atoms with Gasteiger partial charge in [-0.05, 0) is 37.0 Å². The molecule has 0 saturated carbocycles. The van der Waals surface area contributed by atoms with Gasteiger partial charge in [0.05, 0.1) is 29.5 Å². The molecule has 150 valence electrons. The quantitative estimate of drug-likeness (QED) is 0.700. The van der Waals surface area contributed by atoms with Gasteiger partial charge in [0.2, 0.25) is 11.8 Å². The number of halogens is 3. The van der Waals surface area contributed by atoms with Crippen LogP contribution in [0, 0.1) is 5.92 Å². The Kier molecular flexibility index (Phi) is 6.69. The van der Waals surface area contributed by atoms with Crippen LogP contribution < -0.4 is 21.3 Å². The molecule has 27 heavy (non-hydrogen) atoms. The number of nitrogens with one attached hydrogen (secondary N) is 2. The normalized spacial score (nSPS) is 15.7. The van der Waals surface area contributed by atoms with Crippen LogP contribution in [-0.2, 0) is 15.8 Å². The maximum atomic E-state index is 13.0. The van der Waals surface area contributed by atoms with E-state index >= 15 is 0 Å². The highest BCUT2D eigenvalue weighted by Gasteiger charge is 2.32. The number of hydrogen-bond donors (Lipinski definition) is 3. The van der Waals surface area contributed by atoms with Crippen molar-refractivity contribution < 1.29 is 22.8 Å². The molecule has 2 amide bonds. The first-order valence-electron chi connectivity index (χ1n) is 8.89. The fourth-order valence-electron chi connectivity index (χ4n) is 2.83. The van der Waals surface area contributed by atoms with E-state index in [1.54, 1.807) is 13.8 Å². The van der Waals surface area contributed by atoms with Gasteiger partial charge >= 0.3 is 6.18 Å². The van der Waals surface area contributed by atoms with Crippen molar-refractivity contribution >= 4 is 23.2 Å². The summed E-state index contributed by atoms with van der Waals surface area (Å²) in [6.07, 6.45) is -2.63. The minimum Gasteiger partial charge on any atom is -0.370 e. The SMILES string of the molecule is CC(C)[C@H](N)C(=O)NCC(=O)Nc1cc(C(F)(F)F)ccc1N1CCCC1. The predicted octanol–water partition coefficient (Wildman–Crippen LogP) is 2.34. The molecular weight excluding hydrogens is 361 g/mol. The average molecular weight is 386 g/mol. The van der Waals surface area contributed by atoms with Crippen LogP contribution in [0.4, 0.5) is 24.5 Å². The first-order chi connectivity index (χ1) is 12.6. The van der Waals surface area contributed by atoms with Gasteiger partial charge < -0.3 is 21.3 Å². The first-order valence-corrected chi connectivity index (χ1v) is 8.89. The van der Waals surface area contributed by atoms with Crippen molar-refractivity contribution in [1.29, 1.82) is 0 Å². The van der Waals surface area contributed by atoms with E-state index in [9.17, 15) is 22.8 Å². The van der Waals surface area contributed by atoms with E-state index in [0.717, 1.165) is 25.0 Å². The van der Waals surface area contributed by atoms with E-state index in [0.29, 0.717) is 18.8 Å². The molecular formula is C18H25F3N4O2. The molecule has 6 nitrogen and oxygen atoms in total. The number of rotatable bonds is 6. The molecule has 0 radical (unpaired) electrons. The Morgan fingerprint density at radius 2 is 1.85 bits per heavy atom. The lowest BCUT2D eigenvalue weighted by Gasteiger charge is -2.23. The number of benzene rings is 1. The van der Waals surface area contributed by atoms with Gasteiger partial charge in [-0.3, -0.25) is 9.59 Å². The van der Waals surface area contributed by atoms with Crippen molar-refractivity contribution in [3.8, 4) is 0 Å². The van der Waals surface area contributed by atoms with E-state index in [1.807, 2.05) is 4.90 Å². The fraction of sp³-hybridized carbons (Fsp3) is 0.556. The van der Waals surface area contributed by atoms with Crippen molar-refractivity contribution in [3.63, 3.8) is 0 Å². The Bertz CT molecular complexity index is 686. The number of nitrogens with two attached hydrogens (primary N) is 1. The molecule has 0 unspecified atom stereocenters. The Labute approximate surface area is 156 Å². The average Bonchev–Trinajstić information content (AvgIpc) is 3.12. The molecule has 1 heterocycles. The molecule has 1 aromatic carbocycles. The van der Waals surface area contributed by atoms with Gasteiger partial charge in [-0.1, -0.05) is 13.8 Å². The molecule has 1 aromatic rings. The van der Waals surface area contributed by atoms with Crippen LogP contribution in [-0.4, -0.2) is 37.5 Å². The predicted molar refractivity (Wildman–Crippen MR) is 97.3 cm³/mol. The third-order valence-electron chi connectivity index (χ3n) is 4.49. The van der Waals surface area contributed by atoms with E-state index in [-0.39, 0.29) is 18.2 Å². The minimum absolute atomic E-state index is 0.0825. The molecule has 4 N–H and O–H groups in total. The van der Waals surface area contributed by atoms with Crippen molar-refractivity contribution in [2.45, 2.75) is 38.9 Å². The van der Waals surface area contributed by atoms with E-state index in [4.69, 9.17) is 5.73 Å². The van der Waals surface area contributed by atoms with Crippen molar-refractivity contribution in [3.05, 3.63) is 23.8 Å². The molecule has 1 atom stereocenters. The largest absolute Gasteiger partial charge is 0.416 e. The summed E-state index contributed by atoms with van der Waals surface area (Å²) < 4.78 is 39.1. The van der Waals surface area contributed by atoms with Crippen LogP contribution in [0.15, 0.2) is 18.2 Å². The van der Waals surface area contributed by atoms with Crippen molar-refractivity contribution in [2.24, 2.45) is 11.7 Å². The summed E-state index contributed by atoms with van der Waals surface area (Å²) in [5.41, 5.74) is 5.48. The van der Waals surface area contributed by atoms with Crippen LogP contribution in [0.2, 0.25) is 0 Å². The number of hydrogen-bond acceptors (Lipinski definition) is 4. The number of anilines is 2. The van der Waals surface area contributed by atoms with Crippen LogP contribution in [0.5, 0.6) is 0 Å². The molecule has 0 bridgehead atoms. The maximum Gasteiger partial charge on any atom is 0.416 e. The Morgan fingerprint density at radius 3 is 2.41 bits per heavy atom. The molecule has 1 fully saturated rings. The second-order valence-corrected chi connectivity index (χ2v) is 6.96. The zero-order valence-corrected chi connectivity index (χ0v) is 15.4. The van der Waals surface area contributed by atoms with Crippen LogP contribution in [0.25, 0.3) is 0 Å². The summed E-state index contributed by atoms with van der Waals surface area (Å²) in [7, 11) is 0. The Morgan fingerprint density at radius 1 is 1.22 bits per heavy atom. The van der Waals surface area contributed by atoms with E-state index in [2.05, 4.69) is 10.6 Å². The molecule has 1 aliphatic rings. The summed E-state index contributed by atoms with van der Waals surface area (Å²) in [6, 6.07) is 2.54. The lowest BCUT2D eigenvalue weighted by Crippen LogP contribution is -2.46. The summed E-state index contributed by atoms with van der Waals surface area (Å²) in [4.78, 5) is 25.9. The lowest BCUT2D eigenvalue weighted by molar-refractivity contribution is -0.137. The summed E-state index contributed by atoms with van der Waals surface area (Å²) in [6.45, 7) is 4.61. The topological polar surface area (TPSA) is 87.5 Å². The summed E-state index contributed by atoms with van der Waals surface area (Å²) in [5, 5.41) is 4.89. The maximum absolute atomic E-state index is 13.0. The highest BCUT2D eigenvalue weighted by atomic mass is 19.4. The Hall–Kier alpha value is -2.29. The standard InChI is InChI=1S/C18H25F3N4O2/c1-11(2)16(22)17(27)23-10-15(26)24-13-9-12(18(19,20)21)5-6-14(13)25-7-3-4-8-25/h5-6,9,11,16H,3-4,7-8,10,22H2,1-2H3,(H,23,27)(H,24,26)/t16-/m0/s1.